The van der Waals surface area contributed by atoms with Crippen LogP contribution < -0.4 is 4.74 Å². The van der Waals surface area contributed by atoms with Gasteiger partial charge in [-0.25, -0.2) is 0 Å². The molecular formula is C9H6Br2O2. The molecule has 13 heavy (non-hydrogen) atoms. The molecule has 0 aliphatic carbocycles. The smallest absolute Gasteiger partial charge is 0.326 e. The first-order valence-corrected chi connectivity index (χ1v) is 5.62. The lowest BCUT2D eigenvalue weighted by Crippen LogP contribution is -2.29. The van der Waals surface area contributed by atoms with Crippen molar-refractivity contribution in [3.8, 4) is 5.75 Å². The molecule has 0 spiro atoms. The van der Waals surface area contributed by atoms with Crippen molar-refractivity contribution in [1.82, 2.24) is 0 Å². The van der Waals surface area contributed by atoms with Crippen molar-refractivity contribution in [1.29, 1.82) is 0 Å². The van der Waals surface area contributed by atoms with E-state index in [0.29, 0.717) is 5.75 Å². The molecule has 2 atom stereocenters. The maximum Gasteiger partial charge on any atom is 0.326 e. The molecule has 0 N–H and O–H groups in total. The predicted molar refractivity (Wildman–Crippen MR) is 56.5 cm³/mol. The maximum atomic E-state index is 11.3. The van der Waals surface area contributed by atoms with Crippen LogP contribution in [0.5, 0.6) is 5.75 Å². The molecular weight excluding hydrogens is 300 g/mol. The molecule has 1 aromatic rings. The van der Waals surface area contributed by atoms with Crippen molar-refractivity contribution in [2.45, 2.75) is 9.65 Å². The Bertz CT molecular complexity index is 351. The average Bonchev–Trinajstić information content (AvgIpc) is 2.15. The van der Waals surface area contributed by atoms with Crippen LogP contribution in [0.2, 0.25) is 0 Å². The molecule has 1 aliphatic rings. The summed E-state index contributed by atoms with van der Waals surface area (Å²) in [6.07, 6.45) is 0. The van der Waals surface area contributed by atoms with Crippen LogP contribution in [0.15, 0.2) is 24.3 Å². The van der Waals surface area contributed by atoms with Crippen LogP contribution in [0.1, 0.15) is 10.4 Å². The Morgan fingerprint density at radius 2 is 1.85 bits per heavy atom. The second-order valence-electron chi connectivity index (χ2n) is 2.76. The first-order chi connectivity index (χ1) is 6.20. The number of hydrogen-bond donors (Lipinski definition) is 0. The Morgan fingerprint density at radius 3 is 2.62 bits per heavy atom. The maximum absolute atomic E-state index is 11.3. The largest absolute Gasteiger partial charge is 0.425 e. The van der Waals surface area contributed by atoms with E-state index >= 15 is 0 Å². The Labute approximate surface area is 92.5 Å². The number of halogens is 2. The molecule has 2 rings (SSSR count). The molecule has 0 amide bonds. The number of rotatable bonds is 0. The highest BCUT2D eigenvalue weighted by atomic mass is 79.9. The van der Waals surface area contributed by atoms with Gasteiger partial charge in [0.2, 0.25) is 0 Å². The lowest BCUT2D eigenvalue weighted by atomic mass is 10.1. The quantitative estimate of drug-likeness (QED) is 0.418. The molecule has 68 valence electrons. The van der Waals surface area contributed by atoms with Crippen LogP contribution in [0.25, 0.3) is 0 Å². The molecule has 4 heteroatoms. The van der Waals surface area contributed by atoms with Crippen molar-refractivity contribution < 1.29 is 9.53 Å². The second-order valence-corrected chi connectivity index (χ2v) is 4.74. The Balaban J connectivity index is 2.49. The summed E-state index contributed by atoms with van der Waals surface area (Å²) in [6, 6.07) is 7.50. The molecule has 0 unspecified atom stereocenters. The first kappa shape index (κ1) is 9.21. The third-order valence-electron chi connectivity index (χ3n) is 1.91. The first-order valence-electron chi connectivity index (χ1n) is 3.79. The zero-order valence-electron chi connectivity index (χ0n) is 6.54. The Hall–Kier alpha value is -0.350. The number of alkyl halides is 2. The third kappa shape index (κ3) is 1.53. The van der Waals surface area contributed by atoms with Gasteiger partial charge in [0.1, 0.15) is 10.6 Å². The minimum atomic E-state index is -0.303. The number of fused-ring (bicyclic) bond motifs is 1. The van der Waals surface area contributed by atoms with E-state index in [4.69, 9.17) is 4.74 Å². The summed E-state index contributed by atoms with van der Waals surface area (Å²) < 4.78 is 5.10. The van der Waals surface area contributed by atoms with E-state index in [0.717, 1.165) is 5.56 Å². The zero-order valence-corrected chi connectivity index (χ0v) is 9.71. The predicted octanol–water partition coefficient (Wildman–Crippen LogP) is 2.81. The summed E-state index contributed by atoms with van der Waals surface area (Å²) in [6.45, 7) is 0. The molecule has 0 saturated carbocycles. The monoisotopic (exact) mass is 304 g/mol. The van der Waals surface area contributed by atoms with Gasteiger partial charge in [-0.05, 0) is 6.07 Å². The van der Waals surface area contributed by atoms with Gasteiger partial charge in [0.15, 0.2) is 0 Å². The summed E-state index contributed by atoms with van der Waals surface area (Å²) >= 11 is 6.71. The van der Waals surface area contributed by atoms with E-state index in [-0.39, 0.29) is 15.6 Å². The van der Waals surface area contributed by atoms with Crippen LogP contribution in [-0.2, 0) is 4.79 Å². The summed E-state index contributed by atoms with van der Waals surface area (Å²) in [5, 5.41) is 0. The van der Waals surface area contributed by atoms with Crippen molar-refractivity contribution >= 4 is 37.8 Å². The van der Waals surface area contributed by atoms with E-state index < -0.39 is 0 Å². The SMILES string of the molecule is O=C1Oc2ccccc2[C@H](Br)[C@@H]1Br. The Morgan fingerprint density at radius 1 is 1.15 bits per heavy atom. The fourth-order valence-electron chi connectivity index (χ4n) is 1.24. The van der Waals surface area contributed by atoms with Crippen LogP contribution >= 0.6 is 31.9 Å². The van der Waals surface area contributed by atoms with Gasteiger partial charge < -0.3 is 4.74 Å². The van der Waals surface area contributed by atoms with Gasteiger partial charge in [0.25, 0.3) is 0 Å². The van der Waals surface area contributed by atoms with Crippen LogP contribution in [0.4, 0.5) is 0 Å². The molecule has 1 aliphatic heterocycles. The lowest BCUT2D eigenvalue weighted by molar-refractivity contribution is -0.134. The number of carbonyl (C=O) groups excluding carboxylic acids is 1. The number of para-hydroxylation sites is 1. The van der Waals surface area contributed by atoms with E-state index in [2.05, 4.69) is 31.9 Å². The molecule has 0 bridgehead atoms. The van der Waals surface area contributed by atoms with Gasteiger partial charge in [0, 0.05) is 5.56 Å². The van der Waals surface area contributed by atoms with Gasteiger partial charge in [-0.3, -0.25) is 4.79 Å². The topological polar surface area (TPSA) is 26.3 Å². The fraction of sp³-hybridized carbons (Fsp3) is 0.222. The molecule has 2 nitrogen and oxygen atoms in total. The number of ether oxygens (including phenoxy) is 1. The van der Waals surface area contributed by atoms with Crippen molar-refractivity contribution in [2.24, 2.45) is 0 Å². The van der Waals surface area contributed by atoms with Crippen LogP contribution in [0.3, 0.4) is 0 Å². The van der Waals surface area contributed by atoms with E-state index in [1.807, 2.05) is 18.2 Å². The number of esters is 1. The minimum absolute atomic E-state index is 0.00931. The van der Waals surface area contributed by atoms with Gasteiger partial charge in [-0.15, -0.1) is 0 Å². The summed E-state index contributed by atoms with van der Waals surface area (Å²) in [5.74, 6) is 0.394. The Kier molecular flexibility index (Phi) is 2.43. The van der Waals surface area contributed by atoms with E-state index in [9.17, 15) is 4.79 Å². The van der Waals surface area contributed by atoms with Gasteiger partial charge in [0.05, 0.1) is 4.83 Å². The molecule has 0 saturated heterocycles. The summed E-state index contributed by atoms with van der Waals surface area (Å²) in [4.78, 5) is 11.0. The van der Waals surface area contributed by atoms with Gasteiger partial charge in [-0.1, -0.05) is 50.1 Å². The fourth-order valence-corrected chi connectivity index (χ4v) is 2.22. The highest BCUT2D eigenvalue weighted by molar-refractivity contribution is 9.12. The average molecular weight is 306 g/mol. The van der Waals surface area contributed by atoms with Crippen LogP contribution in [0, 0.1) is 0 Å². The molecule has 1 heterocycles. The summed E-state index contributed by atoms with van der Waals surface area (Å²) in [7, 11) is 0. The second kappa shape index (κ2) is 3.42. The highest BCUT2D eigenvalue weighted by Gasteiger charge is 2.33. The lowest BCUT2D eigenvalue weighted by Gasteiger charge is -2.24. The third-order valence-corrected chi connectivity index (χ3v) is 4.54. The number of benzene rings is 1. The zero-order chi connectivity index (χ0) is 9.42. The standard InChI is InChI=1S/C9H6Br2O2/c10-7-5-3-1-2-4-6(5)13-9(12)8(7)11/h1-4,7-8H/t7-,8-/m0/s1. The highest BCUT2D eigenvalue weighted by Crippen LogP contribution is 2.40. The van der Waals surface area contributed by atoms with E-state index in [1.165, 1.54) is 0 Å². The van der Waals surface area contributed by atoms with Crippen LogP contribution in [-0.4, -0.2) is 10.8 Å². The van der Waals surface area contributed by atoms with Crippen molar-refractivity contribution in [3.05, 3.63) is 29.8 Å². The normalized spacial score (nSPS) is 26.5. The van der Waals surface area contributed by atoms with Crippen molar-refractivity contribution in [3.63, 3.8) is 0 Å². The van der Waals surface area contributed by atoms with Gasteiger partial charge >= 0.3 is 5.97 Å². The number of carbonyl (C=O) groups is 1. The molecule has 1 aromatic carbocycles. The van der Waals surface area contributed by atoms with Gasteiger partial charge in [-0.2, -0.15) is 0 Å². The number of hydrogen-bond acceptors (Lipinski definition) is 2. The van der Waals surface area contributed by atoms with Crippen molar-refractivity contribution in [2.75, 3.05) is 0 Å². The molecule has 0 fully saturated rings. The summed E-state index contributed by atoms with van der Waals surface area (Å²) in [5.41, 5.74) is 1.00. The minimum Gasteiger partial charge on any atom is -0.425 e. The molecule has 0 aromatic heterocycles. The van der Waals surface area contributed by atoms with E-state index in [1.54, 1.807) is 6.07 Å². The molecule has 0 radical (unpaired) electrons.